The van der Waals surface area contributed by atoms with Gasteiger partial charge in [-0.15, -0.1) is 0 Å². The predicted molar refractivity (Wildman–Crippen MR) is 58.5 cm³/mol. The lowest BCUT2D eigenvalue weighted by Crippen LogP contribution is -2.51. The molecule has 2 aliphatic heterocycles. The fraction of sp³-hybridized carbons (Fsp3) is 1.00. The first-order valence-corrected chi connectivity index (χ1v) is 5.90. The third kappa shape index (κ3) is 2.12. The van der Waals surface area contributed by atoms with Crippen LogP contribution in [0.1, 0.15) is 46.0 Å². The molecule has 0 amide bonds. The van der Waals surface area contributed by atoms with Crippen molar-refractivity contribution in [3.8, 4) is 0 Å². The zero-order valence-electron chi connectivity index (χ0n) is 9.81. The van der Waals surface area contributed by atoms with Crippen molar-refractivity contribution in [2.75, 3.05) is 20.1 Å². The van der Waals surface area contributed by atoms with E-state index >= 15 is 0 Å². The highest BCUT2D eigenvalue weighted by molar-refractivity contribution is 4.93. The van der Waals surface area contributed by atoms with Gasteiger partial charge in [0.15, 0.2) is 0 Å². The Morgan fingerprint density at radius 2 is 1.64 bits per heavy atom. The average molecular weight is 197 g/mol. The second-order valence-corrected chi connectivity index (χ2v) is 5.70. The lowest BCUT2D eigenvalue weighted by molar-refractivity contribution is -0.191. The Morgan fingerprint density at radius 3 is 2.21 bits per heavy atom. The Balaban J connectivity index is 2.01. The van der Waals surface area contributed by atoms with E-state index in [-0.39, 0.29) is 11.2 Å². The molecule has 0 aromatic heterocycles. The number of rotatable bonds is 0. The summed E-state index contributed by atoms with van der Waals surface area (Å²) in [6.07, 6.45) is 6.31. The Bertz CT molecular complexity index is 204. The number of piperidine rings is 1. The Labute approximate surface area is 87.6 Å². The quantitative estimate of drug-likeness (QED) is 0.591. The monoisotopic (exact) mass is 197 g/mol. The van der Waals surface area contributed by atoms with Crippen molar-refractivity contribution in [1.82, 2.24) is 4.90 Å². The molecule has 0 aromatic rings. The van der Waals surface area contributed by atoms with Gasteiger partial charge in [0, 0.05) is 13.1 Å². The maximum Gasteiger partial charge on any atom is 0.0714 e. The lowest BCUT2D eigenvalue weighted by atomic mass is 9.81. The molecule has 0 unspecified atom stereocenters. The largest absolute Gasteiger partial charge is 0.369 e. The molecule has 14 heavy (non-hydrogen) atoms. The smallest absolute Gasteiger partial charge is 0.0714 e. The Morgan fingerprint density at radius 1 is 1.00 bits per heavy atom. The highest BCUT2D eigenvalue weighted by Crippen LogP contribution is 2.41. The van der Waals surface area contributed by atoms with E-state index in [2.05, 4.69) is 25.8 Å². The lowest BCUT2D eigenvalue weighted by Gasteiger charge is -2.49. The van der Waals surface area contributed by atoms with Crippen LogP contribution in [-0.4, -0.2) is 36.2 Å². The molecule has 0 aromatic carbocycles. The van der Waals surface area contributed by atoms with Gasteiger partial charge >= 0.3 is 0 Å². The van der Waals surface area contributed by atoms with E-state index in [0.29, 0.717) is 0 Å². The molecule has 82 valence electrons. The first kappa shape index (κ1) is 10.4. The average Bonchev–Trinajstić information content (AvgIpc) is 2.09. The van der Waals surface area contributed by atoms with Crippen molar-refractivity contribution in [2.45, 2.75) is 57.2 Å². The van der Waals surface area contributed by atoms with Gasteiger partial charge in [0.2, 0.25) is 0 Å². The van der Waals surface area contributed by atoms with Gasteiger partial charge in [-0.05, 0) is 53.0 Å². The number of hydrogen-bond donors (Lipinski definition) is 0. The number of likely N-dealkylation sites (tertiary alicyclic amines) is 1. The molecule has 0 saturated carbocycles. The minimum absolute atomic E-state index is 0.119. The van der Waals surface area contributed by atoms with Crippen molar-refractivity contribution in [3.63, 3.8) is 0 Å². The third-order valence-corrected chi connectivity index (χ3v) is 3.80. The maximum absolute atomic E-state index is 6.32. The fourth-order valence-corrected chi connectivity index (χ4v) is 2.90. The Kier molecular flexibility index (Phi) is 2.61. The van der Waals surface area contributed by atoms with E-state index in [1.165, 1.54) is 45.2 Å². The van der Waals surface area contributed by atoms with Crippen LogP contribution in [0.5, 0.6) is 0 Å². The topological polar surface area (TPSA) is 12.5 Å². The van der Waals surface area contributed by atoms with Gasteiger partial charge < -0.3 is 9.64 Å². The molecule has 0 N–H and O–H groups in total. The van der Waals surface area contributed by atoms with Crippen molar-refractivity contribution in [2.24, 2.45) is 0 Å². The summed E-state index contributed by atoms with van der Waals surface area (Å²) in [7, 11) is 2.21. The highest BCUT2D eigenvalue weighted by atomic mass is 16.5. The van der Waals surface area contributed by atoms with Crippen LogP contribution in [-0.2, 0) is 4.74 Å². The van der Waals surface area contributed by atoms with Gasteiger partial charge in [-0.1, -0.05) is 0 Å². The molecular weight excluding hydrogens is 174 g/mol. The second kappa shape index (κ2) is 3.49. The summed E-state index contributed by atoms with van der Waals surface area (Å²) in [5.41, 5.74) is 0.350. The summed E-state index contributed by atoms with van der Waals surface area (Å²) in [4.78, 5) is 2.41. The van der Waals surface area contributed by atoms with Crippen LogP contribution >= 0.6 is 0 Å². The predicted octanol–water partition coefficient (Wildman–Crippen LogP) is 2.43. The van der Waals surface area contributed by atoms with E-state index in [4.69, 9.17) is 4.74 Å². The maximum atomic E-state index is 6.32. The van der Waals surface area contributed by atoms with Gasteiger partial charge in [-0.3, -0.25) is 0 Å². The van der Waals surface area contributed by atoms with Gasteiger partial charge in [-0.2, -0.15) is 0 Å². The minimum atomic E-state index is 0.119. The summed E-state index contributed by atoms with van der Waals surface area (Å²) < 4.78 is 6.32. The fourth-order valence-electron chi connectivity index (χ4n) is 2.90. The molecular formula is C12H23NO. The van der Waals surface area contributed by atoms with Crippen LogP contribution in [0.15, 0.2) is 0 Å². The van der Waals surface area contributed by atoms with E-state index < -0.39 is 0 Å². The van der Waals surface area contributed by atoms with Crippen LogP contribution in [0, 0.1) is 0 Å². The molecule has 2 nitrogen and oxygen atoms in total. The summed E-state index contributed by atoms with van der Waals surface area (Å²) in [5, 5.41) is 0. The number of hydrogen-bond acceptors (Lipinski definition) is 2. The Hall–Kier alpha value is -0.0800. The molecule has 0 bridgehead atoms. The van der Waals surface area contributed by atoms with Gasteiger partial charge in [0.1, 0.15) is 0 Å². The van der Waals surface area contributed by atoms with Crippen molar-refractivity contribution in [1.29, 1.82) is 0 Å². The SMILES string of the molecule is CN1CCC2(CCCC(C)(C)O2)CC1. The molecule has 2 rings (SSSR count). The third-order valence-electron chi connectivity index (χ3n) is 3.80. The number of nitrogens with zero attached hydrogens (tertiary/aromatic N) is 1. The zero-order valence-corrected chi connectivity index (χ0v) is 9.81. The van der Waals surface area contributed by atoms with Crippen LogP contribution in [0.25, 0.3) is 0 Å². The molecule has 2 aliphatic rings. The number of ether oxygens (including phenoxy) is 1. The first-order chi connectivity index (χ1) is 6.52. The molecule has 0 radical (unpaired) electrons. The van der Waals surface area contributed by atoms with E-state index in [1.807, 2.05) is 0 Å². The van der Waals surface area contributed by atoms with Crippen molar-refractivity contribution < 1.29 is 4.74 Å². The van der Waals surface area contributed by atoms with Gasteiger partial charge in [0.25, 0.3) is 0 Å². The van der Waals surface area contributed by atoms with Gasteiger partial charge in [0.05, 0.1) is 11.2 Å². The van der Waals surface area contributed by atoms with E-state index in [9.17, 15) is 0 Å². The molecule has 2 saturated heterocycles. The van der Waals surface area contributed by atoms with Crippen molar-refractivity contribution in [3.05, 3.63) is 0 Å². The molecule has 2 heteroatoms. The van der Waals surface area contributed by atoms with Gasteiger partial charge in [-0.25, -0.2) is 0 Å². The van der Waals surface area contributed by atoms with E-state index in [1.54, 1.807) is 0 Å². The minimum Gasteiger partial charge on any atom is -0.369 e. The summed E-state index contributed by atoms with van der Waals surface area (Å²) >= 11 is 0. The first-order valence-electron chi connectivity index (χ1n) is 5.90. The summed E-state index contributed by atoms with van der Waals surface area (Å²) in [6, 6.07) is 0. The molecule has 2 heterocycles. The summed E-state index contributed by atoms with van der Waals surface area (Å²) in [5.74, 6) is 0. The zero-order chi connectivity index (χ0) is 10.2. The van der Waals surface area contributed by atoms with Crippen LogP contribution in [0.3, 0.4) is 0 Å². The normalized spacial score (nSPS) is 31.9. The van der Waals surface area contributed by atoms with Crippen molar-refractivity contribution >= 4 is 0 Å². The van der Waals surface area contributed by atoms with Crippen LogP contribution < -0.4 is 0 Å². The molecule has 2 fully saturated rings. The van der Waals surface area contributed by atoms with Crippen LogP contribution in [0.4, 0.5) is 0 Å². The molecule has 0 atom stereocenters. The molecule has 1 spiro atoms. The standard InChI is InChI=1S/C12H23NO/c1-11(2)5-4-6-12(14-11)7-9-13(3)10-8-12/h4-10H2,1-3H3. The second-order valence-electron chi connectivity index (χ2n) is 5.70. The van der Waals surface area contributed by atoms with Crippen LogP contribution in [0.2, 0.25) is 0 Å². The van der Waals surface area contributed by atoms with E-state index in [0.717, 1.165) is 0 Å². The molecule has 0 aliphatic carbocycles. The summed E-state index contributed by atoms with van der Waals surface area (Å²) in [6.45, 7) is 6.89. The highest BCUT2D eigenvalue weighted by Gasteiger charge is 2.42.